The van der Waals surface area contributed by atoms with Gasteiger partial charge in [0.1, 0.15) is 5.82 Å². The van der Waals surface area contributed by atoms with Crippen molar-refractivity contribution in [3.8, 4) is 0 Å². The molecule has 1 aromatic carbocycles. The van der Waals surface area contributed by atoms with Gasteiger partial charge in [-0.1, -0.05) is 0 Å². The number of alkyl halides is 3. The molecule has 10 heteroatoms. The van der Waals surface area contributed by atoms with Gasteiger partial charge in [0.2, 0.25) is 11.8 Å². The fourth-order valence-corrected chi connectivity index (χ4v) is 3.21. The van der Waals surface area contributed by atoms with Crippen molar-refractivity contribution < 1.29 is 22.8 Å². The average Bonchev–Trinajstić information content (AvgIpc) is 2.73. The minimum absolute atomic E-state index is 0.192. The Morgan fingerprint density at radius 3 is 2.20 bits per heavy atom. The van der Waals surface area contributed by atoms with Crippen LogP contribution in [0.1, 0.15) is 22.8 Å². The average molecular weight is 421 g/mol. The Bertz CT molecular complexity index is 892. The number of pyridine rings is 1. The highest BCUT2D eigenvalue weighted by molar-refractivity contribution is 5.96. The number of benzene rings is 1. The molecular weight excluding hydrogens is 399 g/mol. The third-order valence-corrected chi connectivity index (χ3v) is 5.08. The van der Waals surface area contributed by atoms with E-state index in [0.717, 1.165) is 12.3 Å². The first kappa shape index (κ1) is 21.6. The van der Waals surface area contributed by atoms with Gasteiger partial charge in [0, 0.05) is 43.6 Å². The van der Waals surface area contributed by atoms with Crippen molar-refractivity contribution in [1.29, 1.82) is 0 Å². The number of nitrogens with zero attached hydrogens (tertiary/aromatic N) is 3. The molecule has 1 atom stereocenters. The number of halogens is 3. The van der Waals surface area contributed by atoms with Crippen LogP contribution >= 0.6 is 0 Å². The highest BCUT2D eigenvalue weighted by Gasteiger charge is 2.31. The number of hydrogen-bond donors (Lipinski definition) is 2. The number of rotatable bonds is 5. The highest BCUT2D eigenvalue weighted by Crippen LogP contribution is 2.29. The summed E-state index contributed by atoms with van der Waals surface area (Å²) in [6, 6.07) is 8.29. The number of carbonyl (C=O) groups excluding carboxylic acids is 2. The lowest BCUT2D eigenvalue weighted by Crippen LogP contribution is -2.53. The van der Waals surface area contributed by atoms with Gasteiger partial charge in [-0.25, -0.2) is 4.98 Å². The molecule has 0 unspecified atom stereocenters. The molecule has 1 aliphatic rings. The van der Waals surface area contributed by atoms with Gasteiger partial charge in [-0.05, 0) is 43.3 Å². The second kappa shape index (κ2) is 8.70. The first-order chi connectivity index (χ1) is 14.1. The molecule has 1 fully saturated rings. The number of carbonyl (C=O) groups is 2. The fourth-order valence-electron chi connectivity index (χ4n) is 3.21. The summed E-state index contributed by atoms with van der Waals surface area (Å²) in [6.45, 7) is 4.02. The predicted molar refractivity (Wildman–Crippen MR) is 106 cm³/mol. The number of anilines is 2. The summed E-state index contributed by atoms with van der Waals surface area (Å²) in [6.07, 6.45) is -3.57. The van der Waals surface area contributed by atoms with E-state index < -0.39 is 23.7 Å². The van der Waals surface area contributed by atoms with Crippen LogP contribution in [-0.4, -0.2) is 53.9 Å². The van der Waals surface area contributed by atoms with Crippen molar-refractivity contribution >= 4 is 23.3 Å². The first-order valence-electron chi connectivity index (χ1n) is 9.38. The van der Waals surface area contributed by atoms with E-state index in [1.54, 1.807) is 31.2 Å². The zero-order valence-corrected chi connectivity index (χ0v) is 16.3. The number of amides is 2. The Labute approximate surface area is 171 Å². The van der Waals surface area contributed by atoms with E-state index in [9.17, 15) is 22.8 Å². The summed E-state index contributed by atoms with van der Waals surface area (Å²) in [5.41, 5.74) is 5.34. The molecule has 160 valence electrons. The van der Waals surface area contributed by atoms with E-state index in [4.69, 9.17) is 5.73 Å². The molecule has 0 bridgehead atoms. The lowest BCUT2D eigenvalue weighted by atomic mass is 10.1. The van der Waals surface area contributed by atoms with Crippen molar-refractivity contribution in [2.75, 3.05) is 36.4 Å². The topological polar surface area (TPSA) is 91.6 Å². The van der Waals surface area contributed by atoms with Gasteiger partial charge in [-0.2, -0.15) is 13.2 Å². The Morgan fingerprint density at radius 2 is 1.70 bits per heavy atom. The Hall–Kier alpha value is -3.14. The van der Waals surface area contributed by atoms with Crippen LogP contribution in [0, 0.1) is 0 Å². The third kappa shape index (κ3) is 5.07. The van der Waals surface area contributed by atoms with Crippen molar-refractivity contribution in [2.45, 2.75) is 19.1 Å². The number of nitrogens with one attached hydrogen (secondary N) is 1. The Balaban J connectivity index is 1.53. The van der Waals surface area contributed by atoms with Gasteiger partial charge in [0.25, 0.3) is 0 Å². The van der Waals surface area contributed by atoms with Crippen LogP contribution in [0.4, 0.5) is 24.7 Å². The largest absolute Gasteiger partial charge is 0.417 e. The van der Waals surface area contributed by atoms with Crippen molar-refractivity contribution in [2.24, 2.45) is 5.73 Å². The molecule has 2 heterocycles. The molecule has 2 amide bonds. The fraction of sp³-hybridized carbons (Fsp3) is 0.350. The minimum atomic E-state index is -4.41. The molecule has 0 radical (unpaired) electrons. The van der Waals surface area contributed by atoms with Gasteiger partial charge < -0.3 is 16.0 Å². The molecule has 2 aromatic rings. The van der Waals surface area contributed by atoms with Gasteiger partial charge in [-0.15, -0.1) is 0 Å². The maximum absolute atomic E-state index is 12.7. The molecule has 0 saturated carbocycles. The summed E-state index contributed by atoms with van der Waals surface area (Å²) in [5.74, 6) is -0.251. The number of piperazine rings is 1. The zero-order valence-electron chi connectivity index (χ0n) is 16.3. The molecule has 1 saturated heterocycles. The van der Waals surface area contributed by atoms with Gasteiger partial charge >= 0.3 is 6.18 Å². The van der Waals surface area contributed by atoms with E-state index in [2.05, 4.69) is 10.3 Å². The van der Waals surface area contributed by atoms with Crippen molar-refractivity contribution in [1.82, 2.24) is 9.88 Å². The number of primary amides is 1. The minimum Gasteiger partial charge on any atom is -0.366 e. The normalized spacial score (nSPS) is 16.2. The van der Waals surface area contributed by atoms with E-state index in [0.29, 0.717) is 43.2 Å². The number of hydrogen-bond acceptors (Lipinski definition) is 5. The number of aromatic nitrogens is 1. The van der Waals surface area contributed by atoms with Crippen LogP contribution < -0.4 is 16.0 Å². The lowest BCUT2D eigenvalue weighted by Gasteiger charge is -2.38. The van der Waals surface area contributed by atoms with E-state index >= 15 is 0 Å². The second-order valence-corrected chi connectivity index (χ2v) is 7.03. The first-order valence-corrected chi connectivity index (χ1v) is 9.38. The Morgan fingerprint density at radius 1 is 1.07 bits per heavy atom. The van der Waals surface area contributed by atoms with Crippen LogP contribution in [0.15, 0.2) is 42.6 Å². The van der Waals surface area contributed by atoms with E-state index in [1.807, 2.05) is 9.80 Å². The molecule has 0 spiro atoms. The summed E-state index contributed by atoms with van der Waals surface area (Å²) in [4.78, 5) is 31.5. The molecule has 3 N–H and O–H groups in total. The quantitative estimate of drug-likeness (QED) is 0.773. The SMILES string of the molecule is C[C@@H](C(=O)Nc1ccc(C(N)=O)cc1)N1CCN(c2ccc(C(F)(F)F)cn2)CC1. The van der Waals surface area contributed by atoms with Gasteiger partial charge in [0.05, 0.1) is 11.6 Å². The number of nitrogens with two attached hydrogens (primary N) is 1. The van der Waals surface area contributed by atoms with Gasteiger partial charge in [0.15, 0.2) is 0 Å². The summed E-state index contributed by atoms with van der Waals surface area (Å²) in [7, 11) is 0. The molecule has 3 rings (SSSR count). The molecule has 7 nitrogen and oxygen atoms in total. The lowest BCUT2D eigenvalue weighted by molar-refractivity contribution is -0.137. The molecule has 30 heavy (non-hydrogen) atoms. The zero-order chi connectivity index (χ0) is 21.9. The standard InChI is InChI=1S/C20H22F3N5O2/c1-13(19(30)26-16-5-2-14(3-6-16)18(24)29)27-8-10-28(11-9-27)17-7-4-15(12-25-17)20(21,22)23/h2-7,12-13H,8-11H2,1H3,(H2,24,29)(H,26,30)/t13-/m0/s1. The highest BCUT2D eigenvalue weighted by atomic mass is 19.4. The Kier molecular flexibility index (Phi) is 6.25. The van der Waals surface area contributed by atoms with Gasteiger partial charge in [-0.3, -0.25) is 14.5 Å². The maximum atomic E-state index is 12.7. The summed E-state index contributed by atoms with van der Waals surface area (Å²) < 4.78 is 38.0. The maximum Gasteiger partial charge on any atom is 0.417 e. The van der Waals surface area contributed by atoms with E-state index in [-0.39, 0.29) is 5.91 Å². The van der Waals surface area contributed by atoms with Crippen LogP contribution in [0.5, 0.6) is 0 Å². The molecular formula is C20H22F3N5O2. The van der Waals surface area contributed by atoms with Crippen LogP contribution in [-0.2, 0) is 11.0 Å². The van der Waals surface area contributed by atoms with E-state index in [1.165, 1.54) is 6.07 Å². The monoisotopic (exact) mass is 421 g/mol. The third-order valence-electron chi connectivity index (χ3n) is 5.08. The summed E-state index contributed by atoms with van der Waals surface area (Å²) in [5, 5.41) is 2.80. The predicted octanol–water partition coefficient (Wildman–Crippen LogP) is 2.35. The van der Waals surface area contributed by atoms with Crippen molar-refractivity contribution in [3.63, 3.8) is 0 Å². The smallest absolute Gasteiger partial charge is 0.366 e. The molecule has 1 aromatic heterocycles. The van der Waals surface area contributed by atoms with Crippen molar-refractivity contribution in [3.05, 3.63) is 53.7 Å². The van der Waals surface area contributed by atoms with Crippen LogP contribution in [0.25, 0.3) is 0 Å². The summed E-state index contributed by atoms with van der Waals surface area (Å²) >= 11 is 0. The van der Waals surface area contributed by atoms with Crippen LogP contribution in [0.3, 0.4) is 0 Å². The second-order valence-electron chi connectivity index (χ2n) is 7.03. The molecule has 1 aliphatic heterocycles. The van der Waals surface area contributed by atoms with Crippen LogP contribution in [0.2, 0.25) is 0 Å². The molecule has 0 aliphatic carbocycles.